The Labute approximate surface area is 130 Å². The molecule has 21 heavy (non-hydrogen) atoms. The predicted molar refractivity (Wildman–Crippen MR) is 85.5 cm³/mol. The van der Waals surface area contributed by atoms with E-state index in [4.69, 9.17) is 0 Å². The zero-order chi connectivity index (χ0) is 14.2. The molecule has 1 atom stereocenters. The van der Waals surface area contributed by atoms with Gasteiger partial charge in [-0.15, -0.1) is 5.10 Å². The van der Waals surface area contributed by atoms with Crippen LogP contribution >= 0.6 is 11.8 Å². The van der Waals surface area contributed by atoms with Gasteiger partial charge in [0.25, 0.3) is 0 Å². The SMILES string of the molecule is CSc1nc2n(n1)CC1=C(N2)C(N2CCCCC2)CCC1. The average molecular weight is 305 g/mol. The molecule has 0 saturated carbocycles. The quantitative estimate of drug-likeness (QED) is 0.851. The molecule has 3 heterocycles. The first-order valence-electron chi connectivity index (χ1n) is 8.07. The van der Waals surface area contributed by atoms with E-state index in [1.54, 1.807) is 17.3 Å². The van der Waals surface area contributed by atoms with Crippen molar-refractivity contribution in [3.8, 4) is 0 Å². The van der Waals surface area contributed by atoms with Crippen molar-refractivity contribution in [1.82, 2.24) is 19.7 Å². The highest BCUT2D eigenvalue weighted by Crippen LogP contribution is 2.35. The molecule has 0 radical (unpaired) electrons. The van der Waals surface area contributed by atoms with E-state index in [-0.39, 0.29) is 0 Å². The zero-order valence-corrected chi connectivity index (χ0v) is 13.5. The molecular weight excluding hydrogens is 282 g/mol. The molecule has 0 amide bonds. The molecule has 1 saturated heterocycles. The molecule has 2 aliphatic heterocycles. The van der Waals surface area contributed by atoms with Crippen LogP contribution in [0.1, 0.15) is 38.5 Å². The average Bonchev–Trinajstić information content (AvgIpc) is 2.95. The summed E-state index contributed by atoms with van der Waals surface area (Å²) in [6.07, 6.45) is 9.94. The van der Waals surface area contributed by atoms with Crippen molar-refractivity contribution in [3.63, 3.8) is 0 Å². The van der Waals surface area contributed by atoms with Crippen LogP contribution in [0.3, 0.4) is 0 Å². The fourth-order valence-electron chi connectivity index (χ4n) is 3.87. The van der Waals surface area contributed by atoms with Gasteiger partial charge in [-0.25, -0.2) is 4.68 Å². The van der Waals surface area contributed by atoms with Crippen molar-refractivity contribution in [3.05, 3.63) is 11.3 Å². The van der Waals surface area contributed by atoms with Gasteiger partial charge in [-0.05, 0) is 57.0 Å². The van der Waals surface area contributed by atoms with Crippen LogP contribution in [0.15, 0.2) is 16.4 Å². The lowest BCUT2D eigenvalue weighted by Gasteiger charge is -2.40. The number of thioether (sulfide) groups is 1. The van der Waals surface area contributed by atoms with E-state index in [1.165, 1.54) is 57.3 Å². The normalized spacial score (nSPS) is 26.2. The number of nitrogens with one attached hydrogen (secondary N) is 1. The van der Waals surface area contributed by atoms with Gasteiger partial charge in [0.1, 0.15) is 0 Å². The van der Waals surface area contributed by atoms with Gasteiger partial charge in [-0.3, -0.25) is 4.90 Å². The molecule has 1 fully saturated rings. The number of piperidine rings is 1. The third kappa shape index (κ3) is 2.48. The number of hydrogen-bond donors (Lipinski definition) is 1. The topological polar surface area (TPSA) is 46.0 Å². The molecular formula is C15H23N5S. The summed E-state index contributed by atoms with van der Waals surface area (Å²) in [6.45, 7) is 3.44. The molecule has 1 aromatic rings. The monoisotopic (exact) mass is 305 g/mol. The van der Waals surface area contributed by atoms with Crippen LogP contribution in [-0.4, -0.2) is 45.1 Å². The highest BCUT2D eigenvalue weighted by molar-refractivity contribution is 7.98. The van der Waals surface area contributed by atoms with E-state index in [0.29, 0.717) is 6.04 Å². The second kappa shape index (κ2) is 5.65. The van der Waals surface area contributed by atoms with Gasteiger partial charge in [0.2, 0.25) is 11.1 Å². The molecule has 0 bridgehead atoms. The number of allylic oxidation sites excluding steroid dienone is 1. The Morgan fingerprint density at radius 1 is 1.19 bits per heavy atom. The maximum absolute atomic E-state index is 4.59. The Morgan fingerprint density at radius 2 is 2.05 bits per heavy atom. The minimum Gasteiger partial charge on any atom is -0.326 e. The van der Waals surface area contributed by atoms with Crippen molar-refractivity contribution in [2.75, 3.05) is 24.7 Å². The van der Waals surface area contributed by atoms with Crippen LogP contribution in [0.4, 0.5) is 5.95 Å². The molecule has 1 N–H and O–H groups in total. The first kappa shape index (κ1) is 13.6. The largest absolute Gasteiger partial charge is 0.326 e. The van der Waals surface area contributed by atoms with Crippen molar-refractivity contribution < 1.29 is 0 Å². The third-order valence-corrected chi connectivity index (χ3v) is 5.46. The number of fused-ring (bicyclic) bond motifs is 1. The lowest BCUT2D eigenvalue weighted by atomic mass is 9.89. The molecule has 1 unspecified atom stereocenters. The van der Waals surface area contributed by atoms with Gasteiger partial charge in [-0.2, -0.15) is 4.98 Å². The van der Waals surface area contributed by atoms with Gasteiger partial charge in [-0.1, -0.05) is 18.2 Å². The van der Waals surface area contributed by atoms with Crippen LogP contribution in [-0.2, 0) is 6.54 Å². The summed E-state index contributed by atoms with van der Waals surface area (Å²) in [5, 5.41) is 9.04. The number of hydrogen-bond acceptors (Lipinski definition) is 5. The van der Waals surface area contributed by atoms with E-state index in [0.717, 1.165) is 17.6 Å². The molecule has 5 nitrogen and oxygen atoms in total. The molecule has 114 valence electrons. The number of rotatable bonds is 2. The lowest BCUT2D eigenvalue weighted by molar-refractivity contribution is 0.169. The number of aromatic nitrogens is 3. The molecule has 3 aliphatic rings. The van der Waals surface area contributed by atoms with E-state index >= 15 is 0 Å². The minimum absolute atomic E-state index is 0.581. The highest BCUT2D eigenvalue weighted by atomic mass is 32.2. The van der Waals surface area contributed by atoms with Gasteiger partial charge in [0.15, 0.2) is 0 Å². The Bertz CT molecular complexity index is 558. The van der Waals surface area contributed by atoms with E-state index < -0.39 is 0 Å². The van der Waals surface area contributed by atoms with Crippen LogP contribution in [0.5, 0.6) is 0 Å². The summed E-state index contributed by atoms with van der Waals surface area (Å²) in [5.41, 5.74) is 2.98. The van der Waals surface area contributed by atoms with Crippen LogP contribution in [0, 0.1) is 0 Å². The van der Waals surface area contributed by atoms with Crippen LogP contribution < -0.4 is 5.32 Å². The van der Waals surface area contributed by atoms with Crippen molar-refractivity contribution in [1.29, 1.82) is 0 Å². The molecule has 1 aromatic heterocycles. The second-order valence-corrected chi connectivity index (χ2v) is 7.00. The maximum atomic E-state index is 4.59. The fourth-order valence-corrected chi connectivity index (χ4v) is 4.22. The summed E-state index contributed by atoms with van der Waals surface area (Å²) in [6, 6.07) is 0.581. The van der Waals surface area contributed by atoms with Crippen molar-refractivity contribution >= 4 is 17.7 Å². The number of likely N-dealkylation sites (tertiary alicyclic amines) is 1. The molecule has 0 aromatic carbocycles. The van der Waals surface area contributed by atoms with Gasteiger partial charge in [0, 0.05) is 11.7 Å². The highest BCUT2D eigenvalue weighted by Gasteiger charge is 2.32. The molecule has 6 heteroatoms. The molecule has 0 spiro atoms. The Kier molecular flexibility index (Phi) is 3.67. The Morgan fingerprint density at radius 3 is 2.86 bits per heavy atom. The van der Waals surface area contributed by atoms with Gasteiger partial charge >= 0.3 is 0 Å². The maximum Gasteiger partial charge on any atom is 0.226 e. The van der Waals surface area contributed by atoms with Crippen LogP contribution in [0.2, 0.25) is 0 Å². The summed E-state index contributed by atoms with van der Waals surface area (Å²) >= 11 is 1.61. The zero-order valence-electron chi connectivity index (χ0n) is 12.6. The summed E-state index contributed by atoms with van der Waals surface area (Å²) in [5.74, 6) is 0.932. The summed E-state index contributed by atoms with van der Waals surface area (Å²) < 4.78 is 2.03. The standard InChI is InChI=1S/C15H23N5S/c1-21-15-17-14-16-13-11(10-20(14)18-15)6-5-7-12(13)19-8-3-2-4-9-19/h12H,2-10H2,1H3,(H,16,17,18). The summed E-state index contributed by atoms with van der Waals surface area (Å²) in [4.78, 5) is 7.28. The second-order valence-electron chi connectivity index (χ2n) is 6.23. The Balaban J connectivity index is 1.60. The minimum atomic E-state index is 0.581. The lowest BCUT2D eigenvalue weighted by Crippen LogP contribution is -2.45. The van der Waals surface area contributed by atoms with Crippen molar-refractivity contribution in [2.24, 2.45) is 0 Å². The fraction of sp³-hybridized carbons (Fsp3) is 0.733. The van der Waals surface area contributed by atoms with Gasteiger partial charge < -0.3 is 5.32 Å². The van der Waals surface area contributed by atoms with E-state index in [9.17, 15) is 0 Å². The molecule has 1 aliphatic carbocycles. The van der Waals surface area contributed by atoms with E-state index in [1.807, 2.05) is 10.9 Å². The molecule has 4 rings (SSSR count). The first-order valence-corrected chi connectivity index (χ1v) is 9.29. The Hall–Kier alpha value is -1.01. The van der Waals surface area contributed by atoms with Crippen molar-refractivity contribution in [2.45, 2.75) is 56.3 Å². The van der Waals surface area contributed by atoms with Gasteiger partial charge in [0.05, 0.1) is 6.54 Å². The van der Waals surface area contributed by atoms with E-state index in [2.05, 4.69) is 20.3 Å². The smallest absolute Gasteiger partial charge is 0.226 e. The third-order valence-electron chi connectivity index (χ3n) is 4.92. The number of nitrogens with zero attached hydrogens (tertiary/aromatic N) is 4. The first-order chi connectivity index (χ1) is 10.3. The van der Waals surface area contributed by atoms with Crippen LogP contribution in [0.25, 0.3) is 0 Å². The summed E-state index contributed by atoms with van der Waals surface area (Å²) in [7, 11) is 0. The number of anilines is 1. The predicted octanol–water partition coefficient (Wildman–Crippen LogP) is 2.72.